The lowest BCUT2D eigenvalue weighted by molar-refractivity contribution is 0.393. The van der Waals surface area contributed by atoms with E-state index in [9.17, 15) is 0 Å². The van der Waals surface area contributed by atoms with E-state index in [4.69, 9.17) is 9.51 Å². The predicted molar refractivity (Wildman–Crippen MR) is 120 cm³/mol. The smallest absolute Gasteiger partial charge is 0.160 e. The zero-order chi connectivity index (χ0) is 20.0. The molecule has 1 N–H and O–H groups in total. The molecule has 0 amide bonds. The monoisotopic (exact) mass is 410 g/mol. The second kappa shape index (κ2) is 7.91. The molecule has 0 aliphatic carbocycles. The van der Waals surface area contributed by atoms with Crippen molar-refractivity contribution < 1.29 is 4.52 Å². The second-order valence-electron chi connectivity index (χ2n) is 7.54. The molecular formula is C23H27ClN4O. The number of nitrogens with one attached hydrogen (secondary N) is 1. The summed E-state index contributed by atoms with van der Waals surface area (Å²) in [6.45, 7) is 13.1. The SMILES string of the molecule is Cc1cccc(C)c1CNc1cc(-c2c(C)noc2C)cn2c(C)c(C)nc12.Cl. The molecule has 3 aromatic heterocycles. The fraction of sp³-hybridized carbons (Fsp3) is 0.304. The minimum Gasteiger partial charge on any atom is -0.378 e. The number of hydrogen-bond donors (Lipinski definition) is 1. The van der Waals surface area contributed by atoms with Crippen LogP contribution in [0.1, 0.15) is 39.5 Å². The van der Waals surface area contributed by atoms with Crippen LogP contribution in [0.25, 0.3) is 16.8 Å². The van der Waals surface area contributed by atoms with Gasteiger partial charge in [0.05, 0.1) is 17.1 Å². The van der Waals surface area contributed by atoms with E-state index in [-0.39, 0.29) is 12.4 Å². The maximum absolute atomic E-state index is 5.40. The lowest BCUT2D eigenvalue weighted by Gasteiger charge is -2.14. The third-order valence-electron chi connectivity index (χ3n) is 5.62. The molecule has 0 unspecified atom stereocenters. The highest BCUT2D eigenvalue weighted by Gasteiger charge is 2.17. The van der Waals surface area contributed by atoms with E-state index in [0.717, 1.165) is 51.8 Å². The molecule has 4 rings (SSSR count). The number of halogens is 1. The van der Waals surface area contributed by atoms with E-state index in [1.54, 1.807) is 0 Å². The highest BCUT2D eigenvalue weighted by Crippen LogP contribution is 2.32. The van der Waals surface area contributed by atoms with Gasteiger partial charge in [-0.2, -0.15) is 0 Å². The summed E-state index contributed by atoms with van der Waals surface area (Å²) >= 11 is 0. The van der Waals surface area contributed by atoms with Crippen LogP contribution in [0.15, 0.2) is 35.0 Å². The van der Waals surface area contributed by atoms with Crippen LogP contribution < -0.4 is 5.32 Å². The van der Waals surface area contributed by atoms with E-state index in [1.165, 1.54) is 16.7 Å². The summed E-state index contributed by atoms with van der Waals surface area (Å²) in [5.74, 6) is 0.826. The fourth-order valence-corrected chi connectivity index (χ4v) is 3.84. The molecule has 0 aliphatic heterocycles. The van der Waals surface area contributed by atoms with Crippen LogP contribution in [-0.2, 0) is 6.54 Å². The number of imidazole rings is 1. The number of rotatable bonds is 4. The molecule has 1 aromatic carbocycles. The molecule has 152 valence electrons. The lowest BCUT2D eigenvalue weighted by Crippen LogP contribution is -2.05. The number of fused-ring (bicyclic) bond motifs is 1. The van der Waals surface area contributed by atoms with Crippen molar-refractivity contribution in [1.29, 1.82) is 0 Å². The normalized spacial score (nSPS) is 11.0. The van der Waals surface area contributed by atoms with Crippen molar-refractivity contribution in [2.45, 2.75) is 48.1 Å². The van der Waals surface area contributed by atoms with E-state index in [1.807, 2.05) is 20.8 Å². The molecule has 29 heavy (non-hydrogen) atoms. The molecule has 0 atom stereocenters. The first-order valence-corrected chi connectivity index (χ1v) is 9.58. The van der Waals surface area contributed by atoms with Crippen LogP contribution in [-0.4, -0.2) is 14.5 Å². The van der Waals surface area contributed by atoms with Gasteiger partial charge in [-0.15, -0.1) is 12.4 Å². The lowest BCUT2D eigenvalue weighted by atomic mass is 10.0. The van der Waals surface area contributed by atoms with Crippen molar-refractivity contribution in [1.82, 2.24) is 14.5 Å². The van der Waals surface area contributed by atoms with Crippen molar-refractivity contribution in [2.24, 2.45) is 0 Å². The minimum atomic E-state index is 0. The fourth-order valence-electron chi connectivity index (χ4n) is 3.84. The number of aryl methyl sites for hydroxylation is 6. The Hall–Kier alpha value is -2.79. The molecule has 0 aliphatic rings. The van der Waals surface area contributed by atoms with Crippen molar-refractivity contribution in [3.63, 3.8) is 0 Å². The van der Waals surface area contributed by atoms with Gasteiger partial charge in [-0.1, -0.05) is 23.4 Å². The Morgan fingerprint density at radius 3 is 2.31 bits per heavy atom. The van der Waals surface area contributed by atoms with Crippen molar-refractivity contribution >= 4 is 23.7 Å². The molecule has 4 aromatic rings. The first kappa shape index (κ1) is 20.9. The predicted octanol–water partition coefficient (Wildman–Crippen LogP) is 5.87. The highest BCUT2D eigenvalue weighted by atomic mass is 35.5. The number of aromatic nitrogens is 3. The Kier molecular flexibility index (Phi) is 5.71. The Bertz CT molecular complexity index is 1150. The summed E-state index contributed by atoms with van der Waals surface area (Å²) in [5.41, 5.74) is 11.0. The first-order chi connectivity index (χ1) is 13.4. The molecule has 6 heteroatoms. The summed E-state index contributed by atoms with van der Waals surface area (Å²) in [7, 11) is 0. The zero-order valence-corrected chi connectivity index (χ0v) is 18.6. The Morgan fingerprint density at radius 1 is 1.00 bits per heavy atom. The summed E-state index contributed by atoms with van der Waals surface area (Å²) in [6.07, 6.45) is 2.13. The van der Waals surface area contributed by atoms with Crippen LogP contribution >= 0.6 is 12.4 Å². The number of hydrogen-bond acceptors (Lipinski definition) is 4. The van der Waals surface area contributed by atoms with Gasteiger partial charge in [-0.05, 0) is 64.3 Å². The zero-order valence-electron chi connectivity index (χ0n) is 17.8. The van der Waals surface area contributed by atoms with Crippen LogP contribution in [0, 0.1) is 41.5 Å². The van der Waals surface area contributed by atoms with E-state index >= 15 is 0 Å². The summed E-state index contributed by atoms with van der Waals surface area (Å²) in [5, 5.41) is 7.76. The Balaban J connectivity index is 0.00000240. The average molecular weight is 411 g/mol. The highest BCUT2D eigenvalue weighted by molar-refractivity contribution is 5.85. The van der Waals surface area contributed by atoms with Crippen molar-refractivity contribution in [3.8, 4) is 11.1 Å². The summed E-state index contributed by atoms with van der Waals surface area (Å²) < 4.78 is 7.56. The maximum Gasteiger partial charge on any atom is 0.160 e. The van der Waals surface area contributed by atoms with Gasteiger partial charge in [0.15, 0.2) is 5.65 Å². The van der Waals surface area contributed by atoms with Gasteiger partial charge >= 0.3 is 0 Å². The Morgan fingerprint density at radius 2 is 1.69 bits per heavy atom. The summed E-state index contributed by atoms with van der Waals surface area (Å²) in [4.78, 5) is 4.80. The molecule has 0 radical (unpaired) electrons. The van der Waals surface area contributed by atoms with Gasteiger partial charge in [0, 0.05) is 29.6 Å². The topological polar surface area (TPSA) is 55.4 Å². The molecule has 5 nitrogen and oxygen atoms in total. The van der Waals surface area contributed by atoms with Crippen LogP contribution in [0.4, 0.5) is 5.69 Å². The number of benzene rings is 1. The maximum atomic E-state index is 5.40. The van der Waals surface area contributed by atoms with E-state index in [0.29, 0.717) is 0 Å². The summed E-state index contributed by atoms with van der Waals surface area (Å²) in [6, 6.07) is 8.57. The molecular weight excluding hydrogens is 384 g/mol. The third kappa shape index (κ3) is 3.62. The van der Waals surface area contributed by atoms with Crippen molar-refractivity contribution in [2.75, 3.05) is 5.32 Å². The Labute approximate surface area is 177 Å². The van der Waals surface area contributed by atoms with Gasteiger partial charge in [0.2, 0.25) is 0 Å². The standard InChI is InChI=1S/C23H26N4O.ClH/c1-13-8-7-9-14(2)20(13)11-24-21-10-19(22-16(4)26-28-18(22)6)12-27-17(5)15(3)25-23(21)27;/h7-10,12,24H,11H2,1-6H3;1H. The molecule has 0 saturated heterocycles. The number of anilines is 1. The molecule has 0 fully saturated rings. The molecule has 0 saturated carbocycles. The van der Waals surface area contributed by atoms with Gasteiger partial charge in [-0.3, -0.25) is 0 Å². The first-order valence-electron chi connectivity index (χ1n) is 9.58. The van der Waals surface area contributed by atoms with Crippen LogP contribution in [0.2, 0.25) is 0 Å². The van der Waals surface area contributed by atoms with Gasteiger partial charge in [0.25, 0.3) is 0 Å². The van der Waals surface area contributed by atoms with Gasteiger partial charge in [-0.25, -0.2) is 4.98 Å². The van der Waals surface area contributed by atoms with E-state index in [2.05, 4.69) is 66.1 Å². The molecule has 3 heterocycles. The van der Waals surface area contributed by atoms with E-state index < -0.39 is 0 Å². The number of pyridine rings is 1. The minimum absolute atomic E-state index is 0. The molecule has 0 spiro atoms. The number of nitrogens with zero attached hydrogens (tertiary/aromatic N) is 3. The van der Waals surface area contributed by atoms with Gasteiger partial charge in [0.1, 0.15) is 5.76 Å². The largest absolute Gasteiger partial charge is 0.378 e. The van der Waals surface area contributed by atoms with Gasteiger partial charge < -0.3 is 14.2 Å². The molecule has 0 bridgehead atoms. The average Bonchev–Trinajstić information content (AvgIpc) is 3.13. The quantitative estimate of drug-likeness (QED) is 0.456. The van der Waals surface area contributed by atoms with Crippen LogP contribution in [0.3, 0.4) is 0 Å². The van der Waals surface area contributed by atoms with Crippen LogP contribution in [0.5, 0.6) is 0 Å². The third-order valence-corrected chi connectivity index (χ3v) is 5.62. The van der Waals surface area contributed by atoms with Crippen molar-refractivity contribution in [3.05, 3.63) is 70.0 Å². The second-order valence-corrected chi connectivity index (χ2v) is 7.54.